The average molecular weight is 256 g/mol. The Morgan fingerprint density at radius 1 is 1.53 bits per heavy atom. The van der Waals surface area contributed by atoms with E-state index in [2.05, 4.69) is 10.1 Å². The van der Waals surface area contributed by atoms with Crippen LogP contribution in [0.1, 0.15) is 5.69 Å². The van der Waals surface area contributed by atoms with Gasteiger partial charge in [-0.15, -0.1) is 0 Å². The summed E-state index contributed by atoms with van der Waals surface area (Å²) in [5.74, 6) is 0.424. The molecule has 17 heavy (non-hydrogen) atoms. The summed E-state index contributed by atoms with van der Waals surface area (Å²) >= 11 is 0. The lowest BCUT2D eigenvalue weighted by Crippen LogP contribution is -2.05. The van der Waals surface area contributed by atoms with Crippen LogP contribution in [0.2, 0.25) is 0 Å². The minimum atomic E-state index is -2.55. The molecule has 0 aliphatic carbocycles. The Morgan fingerprint density at radius 2 is 2.35 bits per heavy atom. The van der Waals surface area contributed by atoms with Gasteiger partial charge in [0.1, 0.15) is 18.2 Å². The Hall–Kier alpha value is -1.43. The topological polar surface area (TPSA) is 103 Å². The first-order valence-corrected chi connectivity index (χ1v) is 6.61. The van der Waals surface area contributed by atoms with Crippen molar-refractivity contribution in [1.82, 2.24) is 14.6 Å². The van der Waals surface area contributed by atoms with Crippen molar-refractivity contribution in [3.8, 4) is 0 Å². The van der Waals surface area contributed by atoms with Gasteiger partial charge >= 0.3 is 0 Å². The van der Waals surface area contributed by atoms with Gasteiger partial charge in [0.15, 0.2) is 5.82 Å². The number of rotatable bonds is 5. The molecule has 0 radical (unpaired) electrons. The Morgan fingerprint density at radius 3 is 3.12 bits per heavy atom. The number of ether oxygens (including phenoxy) is 1. The lowest BCUT2D eigenvalue weighted by molar-refractivity contribution is 0.174. The summed E-state index contributed by atoms with van der Waals surface area (Å²) in [5.41, 5.74) is 7.36. The van der Waals surface area contributed by atoms with Gasteiger partial charge in [0, 0.05) is 12.1 Å². The second-order valence-corrected chi connectivity index (χ2v) is 4.54. The lowest BCUT2D eigenvalue weighted by Gasteiger charge is -2.03. The van der Waals surface area contributed by atoms with Crippen LogP contribution in [0.25, 0.3) is 5.52 Å². The molecule has 2 heterocycles. The molecule has 0 aliphatic heterocycles. The van der Waals surface area contributed by atoms with Crippen molar-refractivity contribution in [2.24, 2.45) is 0 Å². The maximum atomic E-state index is 10.4. The van der Waals surface area contributed by atoms with E-state index in [9.17, 15) is 4.57 Å². The van der Waals surface area contributed by atoms with Crippen LogP contribution in [0.5, 0.6) is 0 Å². The predicted octanol–water partition coefficient (Wildman–Crippen LogP) is 0.295. The Balaban J connectivity index is 2.04. The fourth-order valence-electron chi connectivity index (χ4n) is 1.53. The van der Waals surface area contributed by atoms with Crippen molar-refractivity contribution in [3.63, 3.8) is 0 Å². The zero-order valence-corrected chi connectivity index (χ0v) is 10.0. The minimum Gasteiger partial charge on any atom is -0.382 e. The molecule has 0 aliphatic rings. The Labute approximate surface area is 98.1 Å². The zero-order chi connectivity index (χ0) is 12.3. The van der Waals surface area contributed by atoms with Crippen LogP contribution in [0, 0.1) is 0 Å². The molecule has 0 saturated heterocycles. The van der Waals surface area contributed by atoms with Crippen molar-refractivity contribution in [1.29, 1.82) is 0 Å². The molecule has 0 saturated carbocycles. The summed E-state index contributed by atoms with van der Waals surface area (Å²) in [7, 11) is -2.55. The molecular weight excluding hydrogens is 243 g/mol. The second-order valence-electron chi connectivity index (χ2n) is 3.46. The highest BCUT2D eigenvalue weighted by Gasteiger charge is 2.05. The molecule has 0 fully saturated rings. The molecule has 0 spiro atoms. The van der Waals surface area contributed by atoms with Crippen LogP contribution in [0.4, 0.5) is 5.82 Å². The van der Waals surface area contributed by atoms with E-state index in [4.69, 9.17) is 15.4 Å². The van der Waals surface area contributed by atoms with E-state index in [0.29, 0.717) is 18.8 Å². The molecule has 7 nitrogen and oxygen atoms in total. The number of hydrogen-bond acceptors (Lipinski definition) is 5. The van der Waals surface area contributed by atoms with E-state index >= 15 is 0 Å². The van der Waals surface area contributed by atoms with Crippen LogP contribution in [-0.2, 0) is 15.7 Å². The molecule has 0 amide bonds. The summed E-state index contributed by atoms with van der Waals surface area (Å²) in [6.07, 6.45) is 1.88. The van der Waals surface area contributed by atoms with Crippen molar-refractivity contribution < 1.29 is 14.2 Å². The van der Waals surface area contributed by atoms with Gasteiger partial charge < -0.3 is 15.4 Å². The van der Waals surface area contributed by atoms with Gasteiger partial charge in [-0.3, -0.25) is 4.57 Å². The molecule has 8 heteroatoms. The van der Waals surface area contributed by atoms with Crippen LogP contribution in [-0.4, -0.2) is 32.4 Å². The van der Waals surface area contributed by atoms with Crippen LogP contribution in [0.15, 0.2) is 18.5 Å². The maximum absolute atomic E-state index is 10.4. The molecule has 2 aromatic rings. The number of fused-ring (bicyclic) bond motifs is 1. The third-order valence-corrected chi connectivity index (χ3v) is 2.74. The highest BCUT2D eigenvalue weighted by atomic mass is 31.1. The van der Waals surface area contributed by atoms with Crippen LogP contribution in [0.3, 0.4) is 0 Å². The number of nitrogens with zero attached hydrogens (tertiary/aromatic N) is 3. The first kappa shape index (κ1) is 12.0. The van der Waals surface area contributed by atoms with E-state index in [0.717, 1.165) is 11.2 Å². The monoisotopic (exact) mass is 256 g/mol. The highest BCUT2D eigenvalue weighted by molar-refractivity contribution is 7.37. The van der Waals surface area contributed by atoms with Gasteiger partial charge in [0.05, 0.1) is 6.61 Å². The summed E-state index contributed by atoms with van der Waals surface area (Å²) in [6.45, 7) is 0.368. The van der Waals surface area contributed by atoms with E-state index in [1.807, 2.05) is 12.1 Å². The van der Waals surface area contributed by atoms with Gasteiger partial charge in [-0.1, -0.05) is 0 Å². The van der Waals surface area contributed by atoms with Crippen molar-refractivity contribution in [3.05, 3.63) is 24.2 Å². The SMILES string of the molecule is Nc1ncnn2c(CCOC[PH](=O)O)ccc12. The number of hydrogen-bond donors (Lipinski definition) is 2. The molecule has 2 rings (SSSR count). The molecule has 92 valence electrons. The van der Waals surface area contributed by atoms with Crippen LogP contribution < -0.4 is 5.73 Å². The van der Waals surface area contributed by atoms with Crippen molar-refractivity contribution in [2.45, 2.75) is 6.42 Å². The van der Waals surface area contributed by atoms with E-state index in [1.165, 1.54) is 6.33 Å². The summed E-state index contributed by atoms with van der Waals surface area (Å²) in [5, 5.41) is 4.08. The molecule has 0 bridgehead atoms. The summed E-state index contributed by atoms with van der Waals surface area (Å²) < 4.78 is 17.2. The highest BCUT2D eigenvalue weighted by Crippen LogP contribution is 2.15. The van der Waals surface area contributed by atoms with Gasteiger partial charge in [-0.2, -0.15) is 5.10 Å². The van der Waals surface area contributed by atoms with Gasteiger partial charge in [0.2, 0.25) is 8.03 Å². The fourth-order valence-corrected chi connectivity index (χ4v) is 1.85. The van der Waals surface area contributed by atoms with E-state index in [-0.39, 0.29) is 6.35 Å². The molecule has 2 aromatic heterocycles. The van der Waals surface area contributed by atoms with Crippen molar-refractivity contribution >= 4 is 19.4 Å². The average Bonchev–Trinajstić information content (AvgIpc) is 2.69. The third kappa shape index (κ3) is 2.82. The smallest absolute Gasteiger partial charge is 0.214 e. The fraction of sp³-hybridized carbons (Fsp3) is 0.333. The number of anilines is 1. The zero-order valence-electron chi connectivity index (χ0n) is 9.04. The van der Waals surface area contributed by atoms with E-state index in [1.54, 1.807) is 4.52 Å². The van der Waals surface area contributed by atoms with Gasteiger partial charge in [-0.25, -0.2) is 9.50 Å². The second kappa shape index (κ2) is 5.27. The first-order valence-electron chi connectivity index (χ1n) is 5.05. The van der Waals surface area contributed by atoms with Crippen LogP contribution >= 0.6 is 8.03 Å². The minimum absolute atomic E-state index is 0.106. The molecule has 1 atom stereocenters. The molecule has 0 aromatic carbocycles. The standard InChI is InChI=1S/C9H13N4O3P/c10-9-8-2-1-7(13(8)12-5-11-9)3-4-16-6-17(14)15/h1-2,5,17H,3-4,6H2,(H,14,15)(H2,10,11,12). The molecular formula is C9H13N4O3P. The summed E-state index contributed by atoms with van der Waals surface area (Å²) in [4.78, 5) is 12.5. The molecule has 1 unspecified atom stereocenters. The number of nitrogen functional groups attached to an aromatic ring is 1. The summed E-state index contributed by atoms with van der Waals surface area (Å²) in [6, 6.07) is 3.71. The number of aromatic nitrogens is 3. The van der Waals surface area contributed by atoms with E-state index < -0.39 is 8.03 Å². The van der Waals surface area contributed by atoms with Gasteiger partial charge in [-0.05, 0) is 12.1 Å². The van der Waals surface area contributed by atoms with Crippen molar-refractivity contribution in [2.75, 3.05) is 18.7 Å². The quantitative estimate of drug-likeness (QED) is 0.589. The maximum Gasteiger partial charge on any atom is 0.214 e. The first-order chi connectivity index (χ1) is 8.18. The van der Waals surface area contributed by atoms with Gasteiger partial charge in [0.25, 0.3) is 0 Å². The Kier molecular flexibility index (Phi) is 3.73. The Bertz CT molecular complexity index is 542. The third-order valence-electron chi connectivity index (χ3n) is 2.29. The normalized spacial score (nSPS) is 13.0. The predicted molar refractivity (Wildman–Crippen MR) is 63.1 cm³/mol. The molecule has 3 N–H and O–H groups in total. The largest absolute Gasteiger partial charge is 0.382 e. The lowest BCUT2D eigenvalue weighted by atomic mass is 10.3. The number of nitrogens with two attached hydrogens (primary N) is 1.